The Balaban J connectivity index is 2.47. The fraction of sp³-hybridized carbons (Fsp3) is 0.0714. The second-order valence-electron chi connectivity index (χ2n) is 3.96. The Bertz CT molecular complexity index is 755. The second-order valence-corrected chi connectivity index (χ2v) is 3.96. The number of carbonyl (C=O) groups is 1. The maximum atomic E-state index is 10.9. The molecule has 4 nitrogen and oxygen atoms in total. The fourth-order valence-corrected chi connectivity index (χ4v) is 2.11. The van der Waals surface area contributed by atoms with Crippen molar-refractivity contribution in [3.63, 3.8) is 0 Å². The molecule has 0 radical (unpaired) electrons. The van der Waals surface area contributed by atoms with Crippen LogP contribution in [0.25, 0.3) is 21.7 Å². The van der Waals surface area contributed by atoms with Gasteiger partial charge in [0.25, 0.3) is 0 Å². The molecule has 0 aliphatic rings. The van der Waals surface area contributed by atoms with E-state index in [4.69, 9.17) is 14.3 Å². The van der Waals surface area contributed by atoms with Crippen molar-refractivity contribution >= 4 is 27.7 Å². The highest BCUT2D eigenvalue weighted by Crippen LogP contribution is 2.34. The molecule has 1 aromatic heterocycles. The minimum atomic E-state index is -1.07. The Morgan fingerprint density at radius 1 is 1.22 bits per heavy atom. The van der Waals surface area contributed by atoms with E-state index in [2.05, 4.69) is 0 Å². The van der Waals surface area contributed by atoms with Crippen molar-refractivity contribution in [2.24, 2.45) is 0 Å². The number of ether oxygens (including phenoxy) is 1. The molecule has 2 aromatic carbocycles. The minimum absolute atomic E-state index is 0.0663. The van der Waals surface area contributed by atoms with Crippen molar-refractivity contribution in [2.45, 2.75) is 0 Å². The van der Waals surface area contributed by atoms with E-state index < -0.39 is 5.97 Å². The van der Waals surface area contributed by atoms with Gasteiger partial charge in [-0.2, -0.15) is 0 Å². The number of hydrogen-bond acceptors (Lipinski definition) is 3. The Morgan fingerprint density at radius 3 is 2.61 bits per heavy atom. The van der Waals surface area contributed by atoms with Gasteiger partial charge < -0.3 is 14.3 Å². The summed E-state index contributed by atoms with van der Waals surface area (Å²) in [4.78, 5) is 10.9. The lowest BCUT2D eigenvalue weighted by Crippen LogP contribution is -1.91. The number of rotatable bonds is 2. The van der Waals surface area contributed by atoms with Gasteiger partial charge >= 0.3 is 5.97 Å². The highest BCUT2D eigenvalue weighted by Gasteiger charge is 2.14. The summed E-state index contributed by atoms with van der Waals surface area (Å²) in [6, 6.07) is 10.9. The summed E-state index contributed by atoms with van der Waals surface area (Å²) in [6.07, 6.45) is 0. The van der Waals surface area contributed by atoms with Gasteiger partial charge in [0.05, 0.1) is 7.11 Å². The molecule has 1 N–H and O–H groups in total. The standard InChI is InChI=1S/C14H10O4/c1-17-11-6-8-7-12(14(15)16)18-13(8)10-5-3-2-4-9(10)11/h2-7H,1H3,(H,15,16). The zero-order valence-corrected chi connectivity index (χ0v) is 9.64. The summed E-state index contributed by atoms with van der Waals surface area (Å²) in [5.41, 5.74) is 0.573. The SMILES string of the molecule is COc1cc2cc(C(=O)O)oc2c2ccccc12. The van der Waals surface area contributed by atoms with Gasteiger partial charge in [-0.15, -0.1) is 0 Å². The quantitative estimate of drug-likeness (QED) is 0.749. The molecule has 90 valence electrons. The normalized spacial score (nSPS) is 10.9. The van der Waals surface area contributed by atoms with E-state index in [1.807, 2.05) is 24.3 Å². The van der Waals surface area contributed by atoms with Crippen LogP contribution in [-0.2, 0) is 0 Å². The maximum absolute atomic E-state index is 10.9. The summed E-state index contributed by atoms with van der Waals surface area (Å²) >= 11 is 0. The second kappa shape index (κ2) is 3.77. The van der Waals surface area contributed by atoms with Crippen molar-refractivity contribution in [2.75, 3.05) is 7.11 Å². The summed E-state index contributed by atoms with van der Waals surface area (Å²) in [5, 5.41) is 11.4. The first-order valence-corrected chi connectivity index (χ1v) is 5.43. The van der Waals surface area contributed by atoms with E-state index in [1.165, 1.54) is 6.07 Å². The third-order valence-corrected chi connectivity index (χ3v) is 2.92. The number of hydrogen-bond donors (Lipinski definition) is 1. The summed E-state index contributed by atoms with van der Waals surface area (Å²) in [6.45, 7) is 0. The van der Waals surface area contributed by atoms with E-state index in [0.29, 0.717) is 11.3 Å². The van der Waals surface area contributed by atoms with Crippen LogP contribution >= 0.6 is 0 Å². The Labute approximate surface area is 102 Å². The van der Waals surface area contributed by atoms with E-state index in [9.17, 15) is 4.79 Å². The zero-order chi connectivity index (χ0) is 12.7. The molecule has 0 amide bonds. The molecule has 0 aliphatic carbocycles. The van der Waals surface area contributed by atoms with Crippen LogP contribution in [0.5, 0.6) is 5.75 Å². The lowest BCUT2D eigenvalue weighted by atomic mass is 10.1. The van der Waals surface area contributed by atoms with Crippen molar-refractivity contribution in [3.05, 3.63) is 42.2 Å². The minimum Gasteiger partial charge on any atom is -0.496 e. The molecule has 0 saturated heterocycles. The van der Waals surface area contributed by atoms with Crippen LogP contribution in [0.15, 0.2) is 40.8 Å². The van der Waals surface area contributed by atoms with E-state index >= 15 is 0 Å². The average Bonchev–Trinajstić information content (AvgIpc) is 2.82. The predicted molar refractivity (Wildman–Crippen MR) is 67.2 cm³/mol. The largest absolute Gasteiger partial charge is 0.496 e. The molecule has 0 aliphatic heterocycles. The molecule has 0 fully saturated rings. The monoisotopic (exact) mass is 242 g/mol. The van der Waals surface area contributed by atoms with Crippen LogP contribution in [-0.4, -0.2) is 18.2 Å². The fourth-order valence-electron chi connectivity index (χ4n) is 2.11. The highest BCUT2D eigenvalue weighted by molar-refractivity contribution is 6.09. The summed E-state index contributed by atoms with van der Waals surface area (Å²) in [5.74, 6) is -0.437. The van der Waals surface area contributed by atoms with Gasteiger partial charge in [0.15, 0.2) is 0 Å². The molecule has 1 heterocycles. The van der Waals surface area contributed by atoms with Crippen LogP contribution in [0, 0.1) is 0 Å². The van der Waals surface area contributed by atoms with Gasteiger partial charge in [-0.25, -0.2) is 4.79 Å². The van der Waals surface area contributed by atoms with Gasteiger partial charge in [-0.1, -0.05) is 24.3 Å². The summed E-state index contributed by atoms with van der Waals surface area (Å²) < 4.78 is 10.7. The average molecular weight is 242 g/mol. The van der Waals surface area contributed by atoms with Crippen LogP contribution in [0.4, 0.5) is 0 Å². The number of carboxylic acid groups (broad SMARTS) is 1. The van der Waals surface area contributed by atoms with Gasteiger partial charge in [0.1, 0.15) is 11.3 Å². The number of furan rings is 1. The Kier molecular flexibility index (Phi) is 2.23. The van der Waals surface area contributed by atoms with Crippen LogP contribution < -0.4 is 4.74 Å². The van der Waals surface area contributed by atoms with E-state index in [0.717, 1.165) is 16.2 Å². The molecular formula is C14H10O4. The number of fused-ring (bicyclic) bond motifs is 3. The number of aromatic carboxylic acids is 1. The molecule has 0 unspecified atom stereocenters. The molecule has 4 heteroatoms. The molecular weight excluding hydrogens is 232 g/mol. The first kappa shape index (κ1) is 10.7. The van der Waals surface area contributed by atoms with Gasteiger partial charge in [0.2, 0.25) is 5.76 Å². The smallest absolute Gasteiger partial charge is 0.371 e. The zero-order valence-electron chi connectivity index (χ0n) is 9.64. The van der Waals surface area contributed by atoms with Crippen molar-refractivity contribution in [3.8, 4) is 5.75 Å². The molecule has 3 aromatic rings. The maximum Gasteiger partial charge on any atom is 0.371 e. The van der Waals surface area contributed by atoms with E-state index in [1.54, 1.807) is 13.2 Å². The first-order valence-electron chi connectivity index (χ1n) is 5.43. The van der Waals surface area contributed by atoms with Crippen LogP contribution in [0.2, 0.25) is 0 Å². The lowest BCUT2D eigenvalue weighted by molar-refractivity contribution is 0.0665. The molecule has 3 rings (SSSR count). The molecule has 18 heavy (non-hydrogen) atoms. The predicted octanol–water partition coefficient (Wildman–Crippen LogP) is 3.29. The third kappa shape index (κ3) is 1.43. The topological polar surface area (TPSA) is 59.7 Å². The number of carboxylic acids is 1. The Morgan fingerprint density at radius 2 is 1.94 bits per heavy atom. The highest BCUT2D eigenvalue weighted by atomic mass is 16.5. The van der Waals surface area contributed by atoms with Crippen molar-refractivity contribution in [1.29, 1.82) is 0 Å². The van der Waals surface area contributed by atoms with Crippen LogP contribution in [0.1, 0.15) is 10.6 Å². The van der Waals surface area contributed by atoms with Crippen molar-refractivity contribution < 1.29 is 19.1 Å². The number of methoxy groups -OCH3 is 1. The lowest BCUT2D eigenvalue weighted by Gasteiger charge is -2.05. The first-order chi connectivity index (χ1) is 8.70. The van der Waals surface area contributed by atoms with Gasteiger partial charge in [-0.05, 0) is 12.1 Å². The Hall–Kier alpha value is -2.49. The summed E-state index contributed by atoms with van der Waals surface area (Å²) in [7, 11) is 1.59. The molecule has 0 atom stereocenters. The van der Waals surface area contributed by atoms with Gasteiger partial charge in [0, 0.05) is 16.2 Å². The molecule has 0 spiro atoms. The van der Waals surface area contributed by atoms with Gasteiger partial charge in [-0.3, -0.25) is 0 Å². The third-order valence-electron chi connectivity index (χ3n) is 2.92. The molecule has 0 saturated carbocycles. The van der Waals surface area contributed by atoms with E-state index in [-0.39, 0.29) is 5.76 Å². The number of benzene rings is 2. The van der Waals surface area contributed by atoms with Crippen molar-refractivity contribution in [1.82, 2.24) is 0 Å². The molecule has 0 bridgehead atoms. The van der Waals surface area contributed by atoms with Crippen LogP contribution in [0.3, 0.4) is 0 Å².